The Morgan fingerprint density at radius 1 is 1.24 bits per heavy atom. The van der Waals surface area contributed by atoms with E-state index in [0.717, 1.165) is 43.1 Å². The van der Waals surface area contributed by atoms with Gasteiger partial charge < -0.3 is 14.0 Å². The molecule has 1 fully saturated rings. The van der Waals surface area contributed by atoms with E-state index in [2.05, 4.69) is 11.1 Å². The van der Waals surface area contributed by atoms with Gasteiger partial charge in [0.1, 0.15) is 0 Å². The molecule has 5 heteroatoms. The molecule has 2 heterocycles. The summed E-state index contributed by atoms with van der Waals surface area (Å²) in [6.07, 6.45) is 8.03. The summed E-state index contributed by atoms with van der Waals surface area (Å²) in [4.78, 5) is 4.08. The number of aromatic nitrogens is 2. The second-order valence-corrected chi connectivity index (χ2v) is 5.69. The van der Waals surface area contributed by atoms with Crippen molar-refractivity contribution in [3.63, 3.8) is 0 Å². The van der Waals surface area contributed by atoms with Crippen LogP contribution >= 0.6 is 11.6 Å². The van der Waals surface area contributed by atoms with Gasteiger partial charge in [0.2, 0.25) is 0 Å². The van der Waals surface area contributed by atoms with Gasteiger partial charge in [-0.1, -0.05) is 29.8 Å². The number of halogens is 1. The van der Waals surface area contributed by atoms with E-state index in [4.69, 9.17) is 21.1 Å². The molecule has 4 nitrogen and oxygen atoms in total. The van der Waals surface area contributed by atoms with Gasteiger partial charge in [-0.2, -0.15) is 0 Å². The van der Waals surface area contributed by atoms with E-state index in [1.54, 1.807) is 12.5 Å². The molecule has 0 atom stereocenters. The minimum atomic E-state index is -0.585. The predicted octanol–water partition coefficient (Wildman–Crippen LogP) is 3.30. The fourth-order valence-electron chi connectivity index (χ4n) is 2.62. The maximum atomic E-state index is 6.23. The summed E-state index contributed by atoms with van der Waals surface area (Å²) in [5.74, 6) is -0.585. The molecule has 21 heavy (non-hydrogen) atoms. The molecule has 0 radical (unpaired) electrons. The molecule has 112 valence electrons. The maximum absolute atomic E-state index is 6.23. The van der Waals surface area contributed by atoms with Crippen LogP contribution in [0.4, 0.5) is 0 Å². The molecule has 0 bridgehead atoms. The number of aryl methyl sites for hydroxylation is 1. The summed E-state index contributed by atoms with van der Waals surface area (Å²) < 4.78 is 14.0. The standard InChI is InChI=1S/C16H19ClN2O2/c17-15-5-2-1-4-14(15)6-7-16(20-10-3-11-21-16)12-19-9-8-18-13-19/h1-2,4-5,8-9,13H,3,6-7,10-12H2. The lowest BCUT2D eigenvalue weighted by molar-refractivity contribution is -0.276. The van der Waals surface area contributed by atoms with Crippen LogP contribution in [0, 0.1) is 0 Å². The van der Waals surface area contributed by atoms with E-state index >= 15 is 0 Å². The van der Waals surface area contributed by atoms with Gasteiger partial charge in [0.15, 0.2) is 5.79 Å². The van der Waals surface area contributed by atoms with Crippen LogP contribution in [-0.2, 0) is 22.4 Å². The van der Waals surface area contributed by atoms with Crippen molar-refractivity contribution in [3.05, 3.63) is 53.6 Å². The predicted molar refractivity (Wildman–Crippen MR) is 81.3 cm³/mol. The van der Waals surface area contributed by atoms with Crippen LogP contribution in [0.1, 0.15) is 18.4 Å². The first-order valence-corrected chi connectivity index (χ1v) is 7.62. The molecule has 2 aromatic rings. The third-order valence-corrected chi connectivity index (χ3v) is 4.10. The molecule has 1 aromatic carbocycles. The smallest absolute Gasteiger partial charge is 0.186 e. The molecular formula is C16H19ClN2O2. The van der Waals surface area contributed by atoms with Crippen LogP contribution in [0.15, 0.2) is 43.0 Å². The fourth-order valence-corrected chi connectivity index (χ4v) is 2.85. The van der Waals surface area contributed by atoms with Crippen LogP contribution in [-0.4, -0.2) is 28.6 Å². The summed E-state index contributed by atoms with van der Waals surface area (Å²) in [5, 5.41) is 0.797. The molecule has 0 aliphatic carbocycles. The lowest BCUT2D eigenvalue weighted by Crippen LogP contribution is -2.44. The van der Waals surface area contributed by atoms with E-state index in [-0.39, 0.29) is 0 Å². The topological polar surface area (TPSA) is 36.3 Å². The van der Waals surface area contributed by atoms with Crippen LogP contribution < -0.4 is 0 Å². The zero-order valence-corrected chi connectivity index (χ0v) is 12.6. The van der Waals surface area contributed by atoms with Gasteiger partial charge >= 0.3 is 0 Å². The van der Waals surface area contributed by atoms with Crippen molar-refractivity contribution in [2.45, 2.75) is 31.6 Å². The first-order valence-electron chi connectivity index (χ1n) is 7.24. The Balaban J connectivity index is 1.72. The molecular weight excluding hydrogens is 288 g/mol. The maximum Gasteiger partial charge on any atom is 0.186 e. The van der Waals surface area contributed by atoms with Crippen molar-refractivity contribution >= 4 is 11.6 Å². The van der Waals surface area contributed by atoms with Crippen molar-refractivity contribution in [1.29, 1.82) is 0 Å². The molecule has 1 aliphatic rings. The Morgan fingerprint density at radius 2 is 2.05 bits per heavy atom. The summed E-state index contributed by atoms with van der Waals surface area (Å²) >= 11 is 6.23. The summed E-state index contributed by atoms with van der Waals surface area (Å²) in [6, 6.07) is 7.92. The third-order valence-electron chi connectivity index (χ3n) is 3.73. The number of nitrogens with zero attached hydrogens (tertiary/aromatic N) is 2. The highest BCUT2D eigenvalue weighted by Gasteiger charge is 2.35. The van der Waals surface area contributed by atoms with Crippen molar-refractivity contribution in [1.82, 2.24) is 9.55 Å². The Hall–Kier alpha value is -1.36. The average molecular weight is 307 g/mol. The molecule has 1 aliphatic heterocycles. The lowest BCUT2D eigenvalue weighted by Gasteiger charge is -2.37. The lowest BCUT2D eigenvalue weighted by atomic mass is 10.0. The monoisotopic (exact) mass is 306 g/mol. The SMILES string of the molecule is Clc1ccccc1CCC1(Cn2ccnc2)OCCCO1. The van der Waals surface area contributed by atoms with Crippen molar-refractivity contribution in [3.8, 4) is 0 Å². The van der Waals surface area contributed by atoms with Gasteiger partial charge in [0.25, 0.3) is 0 Å². The number of hydrogen-bond donors (Lipinski definition) is 0. The summed E-state index contributed by atoms with van der Waals surface area (Å²) in [7, 11) is 0. The second-order valence-electron chi connectivity index (χ2n) is 5.29. The number of ether oxygens (including phenoxy) is 2. The van der Waals surface area contributed by atoms with Crippen LogP contribution in [0.5, 0.6) is 0 Å². The van der Waals surface area contributed by atoms with Gasteiger partial charge in [0, 0.05) is 23.8 Å². The zero-order valence-electron chi connectivity index (χ0n) is 11.9. The molecule has 0 amide bonds. The van der Waals surface area contributed by atoms with Crippen LogP contribution in [0.3, 0.4) is 0 Å². The minimum absolute atomic E-state index is 0.585. The van der Waals surface area contributed by atoms with E-state index < -0.39 is 5.79 Å². The van der Waals surface area contributed by atoms with Crippen molar-refractivity contribution in [2.75, 3.05) is 13.2 Å². The summed E-state index contributed by atoms with van der Waals surface area (Å²) in [6.45, 7) is 2.12. The molecule has 0 unspecified atom stereocenters. The zero-order chi connectivity index (χ0) is 14.5. The van der Waals surface area contributed by atoms with Gasteiger partial charge in [-0.3, -0.25) is 0 Å². The largest absolute Gasteiger partial charge is 0.348 e. The molecule has 0 spiro atoms. The van der Waals surface area contributed by atoms with Gasteiger partial charge in [0.05, 0.1) is 26.1 Å². The third kappa shape index (κ3) is 3.64. The first kappa shape index (κ1) is 14.6. The van der Waals surface area contributed by atoms with Crippen LogP contribution in [0.2, 0.25) is 5.02 Å². The molecule has 3 rings (SSSR count). The van der Waals surface area contributed by atoms with E-state index in [1.807, 2.05) is 29.0 Å². The van der Waals surface area contributed by atoms with E-state index in [0.29, 0.717) is 6.54 Å². The number of imidazole rings is 1. The summed E-state index contributed by atoms with van der Waals surface area (Å²) in [5.41, 5.74) is 1.13. The van der Waals surface area contributed by atoms with Crippen LogP contribution in [0.25, 0.3) is 0 Å². The Bertz CT molecular complexity index is 565. The number of rotatable bonds is 5. The molecule has 0 saturated carbocycles. The highest BCUT2D eigenvalue weighted by molar-refractivity contribution is 6.31. The van der Waals surface area contributed by atoms with Crippen molar-refractivity contribution in [2.24, 2.45) is 0 Å². The van der Waals surface area contributed by atoms with Crippen molar-refractivity contribution < 1.29 is 9.47 Å². The number of hydrogen-bond acceptors (Lipinski definition) is 3. The average Bonchev–Trinajstić information content (AvgIpc) is 3.00. The molecule has 1 aromatic heterocycles. The van der Waals surface area contributed by atoms with E-state index in [9.17, 15) is 0 Å². The number of benzene rings is 1. The Labute approximate surface area is 129 Å². The Morgan fingerprint density at radius 3 is 2.76 bits per heavy atom. The Kier molecular flexibility index (Phi) is 4.58. The van der Waals surface area contributed by atoms with E-state index in [1.165, 1.54) is 0 Å². The minimum Gasteiger partial charge on any atom is -0.348 e. The second kappa shape index (κ2) is 6.60. The van der Waals surface area contributed by atoms with Gasteiger partial charge in [-0.15, -0.1) is 0 Å². The molecule has 0 N–H and O–H groups in total. The quantitative estimate of drug-likeness (QED) is 0.850. The fraction of sp³-hybridized carbons (Fsp3) is 0.438. The van der Waals surface area contributed by atoms with Gasteiger partial charge in [-0.25, -0.2) is 4.98 Å². The normalized spacial score (nSPS) is 17.8. The highest BCUT2D eigenvalue weighted by Crippen LogP contribution is 2.28. The highest BCUT2D eigenvalue weighted by atomic mass is 35.5. The first-order chi connectivity index (χ1) is 10.3. The van der Waals surface area contributed by atoms with Gasteiger partial charge in [-0.05, 0) is 24.5 Å². The molecule has 1 saturated heterocycles.